The summed E-state index contributed by atoms with van der Waals surface area (Å²) in [4.78, 5) is 48.1. The maximum absolute atomic E-state index is 12.2. The summed E-state index contributed by atoms with van der Waals surface area (Å²) in [5, 5.41) is 2.56. The molecule has 0 fully saturated rings. The second-order valence-corrected chi connectivity index (χ2v) is 7.26. The van der Waals surface area contributed by atoms with Crippen molar-refractivity contribution in [2.24, 2.45) is 0 Å². The molecule has 0 aliphatic carbocycles. The van der Waals surface area contributed by atoms with Crippen LogP contribution in [0.1, 0.15) is 38.1 Å². The van der Waals surface area contributed by atoms with Crippen molar-refractivity contribution in [2.45, 2.75) is 20.3 Å². The molecular formula is C21H23NO8S. The Kier molecular flexibility index (Phi) is 8.56. The molecule has 0 atom stereocenters. The molecular weight excluding hydrogens is 426 g/mol. The van der Waals surface area contributed by atoms with E-state index in [1.807, 2.05) is 19.1 Å². The van der Waals surface area contributed by atoms with Crippen molar-refractivity contribution in [1.29, 1.82) is 0 Å². The third kappa shape index (κ3) is 6.29. The first-order valence-corrected chi connectivity index (χ1v) is 10.1. The molecule has 0 aliphatic heterocycles. The first-order chi connectivity index (χ1) is 14.8. The SMILES string of the molecule is CCc1ccc(OCC(=O)OCC(=O)Nc2sc(C(=O)OC)c(C)c2C(=O)OC)cc1. The second kappa shape index (κ2) is 11.1. The summed E-state index contributed by atoms with van der Waals surface area (Å²) >= 11 is 0.863. The minimum atomic E-state index is -0.736. The van der Waals surface area contributed by atoms with Gasteiger partial charge in [0.1, 0.15) is 15.6 Å². The Morgan fingerprint density at radius 2 is 1.61 bits per heavy atom. The smallest absolute Gasteiger partial charge is 0.348 e. The molecule has 1 aromatic carbocycles. The zero-order valence-corrected chi connectivity index (χ0v) is 18.4. The summed E-state index contributed by atoms with van der Waals surface area (Å²) in [5.41, 5.74) is 1.49. The van der Waals surface area contributed by atoms with E-state index in [1.54, 1.807) is 12.1 Å². The lowest BCUT2D eigenvalue weighted by atomic mass is 10.1. The van der Waals surface area contributed by atoms with Gasteiger partial charge in [0.15, 0.2) is 13.2 Å². The van der Waals surface area contributed by atoms with Crippen LogP contribution >= 0.6 is 11.3 Å². The van der Waals surface area contributed by atoms with Gasteiger partial charge in [-0.15, -0.1) is 11.3 Å². The van der Waals surface area contributed by atoms with Crippen LogP contribution in [0.25, 0.3) is 0 Å². The maximum atomic E-state index is 12.2. The van der Waals surface area contributed by atoms with E-state index in [0.717, 1.165) is 23.3 Å². The summed E-state index contributed by atoms with van der Waals surface area (Å²) in [6.07, 6.45) is 0.889. The number of carbonyl (C=O) groups is 4. The minimum Gasteiger partial charge on any atom is -0.482 e. The summed E-state index contributed by atoms with van der Waals surface area (Å²) < 4.78 is 19.6. The van der Waals surface area contributed by atoms with Gasteiger partial charge < -0.3 is 24.3 Å². The van der Waals surface area contributed by atoms with Gasteiger partial charge in [0.05, 0.1) is 19.8 Å². The number of ether oxygens (including phenoxy) is 4. The van der Waals surface area contributed by atoms with E-state index in [0.29, 0.717) is 11.3 Å². The van der Waals surface area contributed by atoms with Crippen LogP contribution in [-0.2, 0) is 30.2 Å². The molecule has 10 heteroatoms. The fourth-order valence-corrected chi connectivity index (χ4v) is 3.68. The molecule has 1 heterocycles. The highest BCUT2D eigenvalue weighted by molar-refractivity contribution is 7.18. The van der Waals surface area contributed by atoms with Gasteiger partial charge in [0, 0.05) is 0 Å². The highest BCUT2D eigenvalue weighted by atomic mass is 32.1. The van der Waals surface area contributed by atoms with E-state index in [9.17, 15) is 19.2 Å². The Bertz CT molecular complexity index is 965. The second-order valence-electron chi connectivity index (χ2n) is 6.24. The molecule has 1 aromatic heterocycles. The molecule has 0 unspecified atom stereocenters. The lowest BCUT2D eigenvalue weighted by Crippen LogP contribution is -2.24. The number of rotatable bonds is 9. The van der Waals surface area contributed by atoms with Crippen molar-refractivity contribution < 1.29 is 38.1 Å². The summed E-state index contributed by atoms with van der Waals surface area (Å²) in [6.45, 7) is 2.61. The number of nitrogens with one attached hydrogen (secondary N) is 1. The van der Waals surface area contributed by atoms with Crippen molar-refractivity contribution >= 4 is 40.2 Å². The Hall–Kier alpha value is -3.40. The first-order valence-electron chi connectivity index (χ1n) is 9.27. The van der Waals surface area contributed by atoms with Gasteiger partial charge in [-0.3, -0.25) is 4.79 Å². The number of hydrogen-bond donors (Lipinski definition) is 1. The molecule has 0 aliphatic rings. The average Bonchev–Trinajstić information content (AvgIpc) is 3.10. The predicted molar refractivity (Wildman–Crippen MR) is 113 cm³/mol. The third-order valence-corrected chi connectivity index (χ3v) is 5.40. The van der Waals surface area contributed by atoms with Crippen LogP contribution in [0.15, 0.2) is 24.3 Å². The van der Waals surface area contributed by atoms with Gasteiger partial charge in [-0.25, -0.2) is 14.4 Å². The zero-order chi connectivity index (χ0) is 23.0. The average molecular weight is 449 g/mol. The fourth-order valence-electron chi connectivity index (χ4n) is 2.55. The van der Waals surface area contributed by atoms with Crippen LogP contribution in [0.3, 0.4) is 0 Å². The Morgan fingerprint density at radius 3 is 2.19 bits per heavy atom. The van der Waals surface area contributed by atoms with Gasteiger partial charge in [0.2, 0.25) is 0 Å². The quantitative estimate of drug-likeness (QED) is 0.459. The Morgan fingerprint density at radius 1 is 0.968 bits per heavy atom. The van der Waals surface area contributed by atoms with Crippen molar-refractivity contribution in [3.8, 4) is 5.75 Å². The number of amides is 1. The number of anilines is 1. The van der Waals surface area contributed by atoms with Gasteiger partial charge >= 0.3 is 17.9 Å². The van der Waals surface area contributed by atoms with Gasteiger partial charge in [-0.1, -0.05) is 19.1 Å². The van der Waals surface area contributed by atoms with Crippen LogP contribution in [0.5, 0.6) is 5.75 Å². The van der Waals surface area contributed by atoms with Gasteiger partial charge in [-0.2, -0.15) is 0 Å². The standard InChI is InChI=1S/C21H23NO8S/c1-5-13-6-8-14(9-7-13)29-11-16(24)30-10-15(23)22-19-17(20(25)27-3)12(2)18(31-19)21(26)28-4/h6-9H,5,10-11H2,1-4H3,(H,22,23). The lowest BCUT2D eigenvalue weighted by molar-refractivity contribution is -0.149. The van der Waals surface area contributed by atoms with Gasteiger partial charge in [0.25, 0.3) is 5.91 Å². The highest BCUT2D eigenvalue weighted by Crippen LogP contribution is 2.34. The topological polar surface area (TPSA) is 117 Å². The van der Waals surface area contributed by atoms with E-state index in [2.05, 4.69) is 10.1 Å². The van der Waals surface area contributed by atoms with E-state index in [-0.39, 0.29) is 22.0 Å². The number of methoxy groups -OCH3 is 2. The van der Waals surface area contributed by atoms with E-state index >= 15 is 0 Å². The summed E-state index contributed by atoms with van der Waals surface area (Å²) in [6, 6.07) is 7.26. The molecule has 2 rings (SSSR count). The van der Waals surface area contributed by atoms with Crippen LogP contribution in [0.4, 0.5) is 5.00 Å². The van der Waals surface area contributed by atoms with Crippen molar-refractivity contribution in [3.05, 3.63) is 45.8 Å². The zero-order valence-electron chi connectivity index (χ0n) is 17.6. The first kappa shape index (κ1) is 23.9. The molecule has 1 amide bonds. The van der Waals surface area contributed by atoms with E-state index < -0.39 is 30.4 Å². The molecule has 0 spiro atoms. The summed E-state index contributed by atoms with van der Waals surface area (Å²) in [7, 11) is 2.39. The number of benzene rings is 1. The molecule has 0 saturated heterocycles. The normalized spacial score (nSPS) is 10.2. The van der Waals surface area contributed by atoms with Crippen LogP contribution in [-0.4, -0.2) is 51.2 Å². The number of aryl methyl sites for hydroxylation is 1. The fraction of sp³-hybridized carbons (Fsp3) is 0.333. The summed E-state index contributed by atoms with van der Waals surface area (Å²) in [5.74, 6) is -2.29. The molecule has 0 bridgehead atoms. The maximum Gasteiger partial charge on any atom is 0.348 e. The number of carbonyl (C=O) groups excluding carboxylic acids is 4. The third-order valence-electron chi connectivity index (χ3n) is 4.21. The molecule has 1 N–H and O–H groups in total. The predicted octanol–water partition coefficient (Wildman–Crippen LogP) is 2.75. The van der Waals surface area contributed by atoms with Crippen LogP contribution < -0.4 is 10.1 Å². The molecule has 166 valence electrons. The van der Waals surface area contributed by atoms with Crippen LogP contribution in [0, 0.1) is 6.92 Å². The van der Waals surface area contributed by atoms with Crippen LogP contribution in [0.2, 0.25) is 0 Å². The number of esters is 3. The number of thiophene rings is 1. The molecule has 0 saturated carbocycles. The minimum absolute atomic E-state index is 0.0337. The largest absolute Gasteiger partial charge is 0.482 e. The lowest BCUT2D eigenvalue weighted by Gasteiger charge is -2.08. The van der Waals surface area contributed by atoms with Gasteiger partial charge in [-0.05, 0) is 36.6 Å². The Balaban J connectivity index is 1.94. The van der Waals surface area contributed by atoms with E-state index in [1.165, 1.54) is 21.1 Å². The molecule has 31 heavy (non-hydrogen) atoms. The molecule has 9 nitrogen and oxygen atoms in total. The highest BCUT2D eigenvalue weighted by Gasteiger charge is 2.27. The van der Waals surface area contributed by atoms with E-state index in [4.69, 9.17) is 14.2 Å². The molecule has 2 aromatic rings. The monoisotopic (exact) mass is 449 g/mol. The van der Waals surface area contributed by atoms with Crippen molar-refractivity contribution in [3.63, 3.8) is 0 Å². The van der Waals surface area contributed by atoms with Crippen molar-refractivity contribution in [2.75, 3.05) is 32.8 Å². The molecule has 0 radical (unpaired) electrons. The number of hydrogen-bond acceptors (Lipinski definition) is 9. The van der Waals surface area contributed by atoms with Crippen molar-refractivity contribution in [1.82, 2.24) is 0 Å². The Labute approximate surface area is 183 Å².